The Morgan fingerprint density at radius 1 is 1.29 bits per heavy atom. The van der Waals surface area contributed by atoms with Crippen LogP contribution < -0.4 is 16.2 Å². The van der Waals surface area contributed by atoms with Gasteiger partial charge in [-0.1, -0.05) is 54.3 Å². The molecule has 0 aliphatic rings. The standard InChI is InChI=1S/C14H17N5O2S3/c1-9(12(20)21)16-13(22)18-17-11(8-15-19-14(23)24-2)10-6-4-3-5-7-10/h3-9H,1-2H3,(H,19,23)(H,20,21)(H2,16,18,22)/b15-8+,17-11-. The summed E-state index contributed by atoms with van der Waals surface area (Å²) >= 11 is 11.4. The van der Waals surface area contributed by atoms with Crippen LogP contribution in [0.25, 0.3) is 0 Å². The van der Waals surface area contributed by atoms with Crippen molar-refractivity contribution in [3.63, 3.8) is 0 Å². The lowest BCUT2D eigenvalue weighted by Crippen LogP contribution is -2.42. The number of hydrogen-bond acceptors (Lipinski definition) is 6. The van der Waals surface area contributed by atoms with Gasteiger partial charge >= 0.3 is 5.97 Å². The van der Waals surface area contributed by atoms with Crippen LogP contribution in [0, 0.1) is 0 Å². The van der Waals surface area contributed by atoms with E-state index in [2.05, 4.69) is 26.4 Å². The third kappa shape index (κ3) is 7.49. The molecule has 0 saturated carbocycles. The molecule has 10 heteroatoms. The van der Waals surface area contributed by atoms with Gasteiger partial charge in [0.25, 0.3) is 0 Å². The summed E-state index contributed by atoms with van der Waals surface area (Å²) in [6.07, 6.45) is 3.33. The Morgan fingerprint density at radius 2 is 1.96 bits per heavy atom. The summed E-state index contributed by atoms with van der Waals surface area (Å²) in [5, 5.41) is 19.7. The molecule has 4 N–H and O–H groups in total. The number of benzene rings is 1. The van der Waals surface area contributed by atoms with E-state index in [0.29, 0.717) is 10.0 Å². The molecule has 1 rings (SSSR count). The van der Waals surface area contributed by atoms with Gasteiger partial charge in [-0.2, -0.15) is 10.2 Å². The van der Waals surface area contributed by atoms with Crippen molar-refractivity contribution in [3.05, 3.63) is 35.9 Å². The van der Waals surface area contributed by atoms with Gasteiger partial charge in [0.05, 0.1) is 6.21 Å². The summed E-state index contributed by atoms with van der Waals surface area (Å²) in [4.78, 5) is 10.8. The van der Waals surface area contributed by atoms with E-state index in [4.69, 9.17) is 29.5 Å². The number of aliphatic carboxylic acids is 1. The van der Waals surface area contributed by atoms with Crippen molar-refractivity contribution in [2.45, 2.75) is 13.0 Å². The molecule has 7 nitrogen and oxygen atoms in total. The van der Waals surface area contributed by atoms with Crippen LogP contribution in [0.3, 0.4) is 0 Å². The Balaban J connectivity index is 2.83. The van der Waals surface area contributed by atoms with Gasteiger partial charge < -0.3 is 10.4 Å². The van der Waals surface area contributed by atoms with Gasteiger partial charge in [-0.3, -0.25) is 15.6 Å². The van der Waals surface area contributed by atoms with Crippen LogP contribution >= 0.6 is 36.2 Å². The van der Waals surface area contributed by atoms with Gasteiger partial charge in [0.1, 0.15) is 11.8 Å². The van der Waals surface area contributed by atoms with Crippen molar-refractivity contribution < 1.29 is 9.90 Å². The molecule has 0 radical (unpaired) electrons. The number of nitrogens with one attached hydrogen (secondary N) is 3. The predicted octanol–water partition coefficient (Wildman–Crippen LogP) is 1.55. The molecule has 0 aliphatic carbocycles. The molecule has 0 bridgehead atoms. The fraction of sp³-hybridized carbons (Fsp3) is 0.214. The molecule has 0 fully saturated rings. The molecule has 1 atom stereocenters. The second-order valence-corrected chi connectivity index (χ2v) is 6.26. The normalized spacial score (nSPS) is 12.5. The van der Waals surface area contributed by atoms with E-state index in [1.807, 2.05) is 36.6 Å². The predicted molar refractivity (Wildman–Crippen MR) is 107 cm³/mol. The SMILES string of the molecule is CSC(=S)N/N=C/C(=N/NC(=S)NC(C)C(=O)O)c1ccccc1. The van der Waals surface area contributed by atoms with Crippen molar-refractivity contribution in [3.8, 4) is 0 Å². The average Bonchev–Trinajstić information content (AvgIpc) is 2.58. The second kappa shape index (κ2) is 10.7. The van der Waals surface area contributed by atoms with Gasteiger partial charge in [0, 0.05) is 5.56 Å². The van der Waals surface area contributed by atoms with E-state index in [1.165, 1.54) is 24.9 Å². The number of rotatable bonds is 6. The van der Waals surface area contributed by atoms with Crippen LogP contribution in [0.15, 0.2) is 40.5 Å². The lowest BCUT2D eigenvalue weighted by Gasteiger charge is -2.11. The molecule has 0 aromatic heterocycles. The van der Waals surface area contributed by atoms with Crippen LogP contribution in [0.5, 0.6) is 0 Å². The van der Waals surface area contributed by atoms with Crippen molar-refractivity contribution in [2.24, 2.45) is 10.2 Å². The van der Waals surface area contributed by atoms with E-state index in [-0.39, 0.29) is 5.11 Å². The number of carboxylic acids is 1. The quantitative estimate of drug-likeness (QED) is 0.334. The maximum atomic E-state index is 10.8. The average molecular weight is 384 g/mol. The molecule has 128 valence electrons. The topological polar surface area (TPSA) is 98.1 Å². The van der Waals surface area contributed by atoms with E-state index >= 15 is 0 Å². The molecule has 1 aromatic rings. The van der Waals surface area contributed by atoms with Gasteiger partial charge in [-0.05, 0) is 25.4 Å². The van der Waals surface area contributed by atoms with Gasteiger partial charge in [-0.25, -0.2) is 0 Å². The number of carboxylic acid groups (broad SMARTS) is 1. The second-order valence-electron chi connectivity index (χ2n) is 4.37. The minimum absolute atomic E-state index is 0.0966. The summed E-state index contributed by atoms with van der Waals surface area (Å²) in [6, 6.07) is 8.50. The van der Waals surface area contributed by atoms with Crippen molar-refractivity contribution in [2.75, 3.05) is 6.26 Å². The molecular formula is C14H17N5O2S3. The van der Waals surface area contributed by atoms with Crippen molar-refractivity contribution in [1.29, 1.82) is 0 Å². The number of hydrogen-bond donors (Lipinski definition) is 4. The summed E-state index contributed by atoms with van der Waals surface area (Å²) < 4.78 is 0.527. The lowest BCUT2D eigenvalue weighted by molar-refractivity contribution is -0.138. The van der Waals surface area contributed by atoms with E-state index in [0.717, 1.165) is 5.56 Å². The number of hydrazone groups is 2. The van der Waals surface area contributed by atoms with Crippen LogP contribution in [-0.4, -0.2) is 44.7 Å². The highest BCUT2D eigenvalue weighted by Crippen LogP contribution is 2.00. The van der Waals surface area contributed by atoms with E-state index < -0.39 is 12.0 Å². The monoisotopic (exact) mass is 383 g/mol. The largest absolute Gasteiger partial charge is 0.480 e. The first-order valence-electron chi connectivity index (χ1n) is 6.73. The summed E-state index contributed by atoms with van der Waals surface area (Å²) in [5.41, 5.74) is 6.61. The molecule has 0 amide bonds. The Kier molecular flexibility index (Phi) is 8.90. The van der Waals surface area contributed by atoms with Gasteiger partial charge in [-0.15, -0.1) is 0 Å². The number of nitrogens with zero attached hydrogens (tertiary/aromatic N) is 2. The maximum absolute atomic E-state index is 10.8. The number of carbonyl (C=O) groups is 1. The smallest absolute Gasteiger partial charge is 0.325 e. The minimum atomic E-state index is -1.01. The summed E-state index contributed by atoms with van der Waals surface area (Å²) in [6.45, 7) is 1.48. The van der Waals surface area contributed by atoms with E-state index in [1.54, 1.807) is 0 Å². The van der Waals surface area contributed by atoms with Crippen molar-refractivity contribution in [1.82, 2.24) is 16.2 Å². The minimum Gasteiger partial charge on any atom is -0.480 e. The lowest BCUT2D eigenvalue weighted by atomic mass is 10.1. The molecule has 1 aromatic carbocycles. The van der Waals surface area contributed by atoms with Crippen LogP contribution in [0.4, 0.5) is 0 Å². The highest BCUT2D eigenvalue weighted by Gasteiger charge is 2.11. The molecule has 0 saturated heterocycles. The van der Waals surface area contributed by atoms with Crippen LogP contribution in [0.2, 0.25) is 0 Å². The Bertz CT molecular complexity index is 649. The first kappa shape index (κ1) is 20.0. The first-order chi connectivity index (χ1) is 11.4. The first-order valence-corrected chi connectivity index (χ1v) is 8.77. The Labute approximate surface area is 155 Å². The van der Waals surface area contributed by atoms with E-state index in [9.17, 15) is 4.79 Å². The Hall–Kier alpha value is -2.04. The molecule has 24 heavy (non-hydrogen) atoms. The molecule has 0 spiro atoms. The van der Waals surface area contributed by atoms with Crippen LogP contribution in [-0.2, 0) is 4.79 Å². The third-order valence-corrected chi connectivity index (χ3v) is 3.86. The molecule has 0 aliphatic heterocycles. The number of thioether (sulfide) groups is 1. The zero-order valence-electron chi connectivity index (χ0n) is 13.0. The summed E-state index contributed by atoms with van der Waals surface area (Å²) in [5.74, 6) is -1.01. The maximum Gasteiger partial charge on any atom is 0.325 e. The van der Waals surface area contributed by atoms with Crippen molar-refractivity contribution >= 4 is 63.5 Å². The molecule has 1 unspecified atom stereocenters. The Morgan fingerprint density at radius 3 is 2.54 bits per heavy atom. The molecular weight excluding hydrogens is 366 g/mol. The summed E-state index contributed by atoms with van der Waals surface area (Å²) in [7, 11) is 0. The van der Waals surface area contributed by atoms with Crippen LogP contribution in [0.1, 0.15) is 12.5 Å². The fourth-order valence-electron chi connectivity index (χ4n) is 1.37. The fourth-order valence-corrected chi connectivity index (χ4v) is 1.79. The number of thiocarbonyl (C=S) groups is 2. The highest BCUT2D eigenvalue weighted by atomic mass is 32.2. The van der Waals surface area contributed by atoms with Gasteiger partial charge in [0.15, 0.2) is 9.43 Å². The zero-order valence-corrected chi connectivity index (χ0v) is 15.5. The third-order valence-electron chi connectivity index (χ3n) is 2.59. The highest BCUT2D eigenvalue weighted by molar-refractivity contribution is 8.22. The van der Waals surface area contributed by atoms with Gasteiger partial charge in [0.2, 0.25) is 0 Å². The molecule has 0 heterocycles. The zero-order chi connectivity index (χ0) is 17.9.